The van der Waals surface area contributed by atoms with Crippen molar-refractivity contribution in [2.75, 3.05) is 32.7 Å². The molecule has 0 saturated carbocycles. The van der Waals surface area contributed by atoms with Crippen molar-refractivity contribution in [3.8, 4) is 0 Å². The number of hydrogen-bond donors (Lipinski definition) is 1. The number of amides is 1. The highest BCUT2D eigenvalue weighted by molar-refractivity contribution is 5.85. The first kappa shape index (κ1) is 22.3. The quantitative estimate of drug-likeness (QED) is 0.841. The second kappa shape index (κ2) is 9.82. The third-order valence-electron chi connectivity index (χ3n) is 4.53. The van der Waals surface area contributed by atoms with Gasteiger partial charge in [-0.05, 0) is 26.7 Å². The lowest BCUT2D eigenvalue weighted by Crippen LogP contribution is -2.55. The average molecular weight is 328 g/mol. The number of hydrogen-bond acceptors (Lipinski definition) is 3. The molecule has 1 heterocycles. The zero-order valence-corrected chi connectivity index (χ0v) is 14.9. The summed E-state index contributed by atoms with van der Waals surface area (Å²) in [5.74, 6) is 0.262. The predicted octanol–water partition coefficient (Wildman–Crippen LogP) is 2.15. The van der Waals surface area contributed by atoms with Gasteiger partial charge < -0.3 is 10.6 Å². The Kier molecular flexibility index (Phi) is 10.9. The van der Waals surface area contributed by atoms with Crippen molar-refractivity contribution < 1.29 is 4.79 Å². The van der Waals surface area contributed by atoms with Gasteiger partial charge in [-0.25, -0.2) is 0 Å². The van der Waals surface area contributed by atoms with E-state index >= 15 is 0 Å². The monoisotopic (exact) mass is 327 g/mol. The molecular weight excluding hydrogens is 297 g/mol. The lowest BCUT2D eigenvalue weighted by atomic mass is 9.81. The molecule has 2 N–H and O–H groups in total. The second-order valence-electron chi connectivity index (χ2n) is 5.61. The number of nitrogens with zero attached hydrogens (tertiary/aromatic N) is 2. The van der Waals surface area contributed by atoms with E-state index in [1.54, 1.807) is 0 Å². The first-order chi connectivity index (χ1) is 8.50. The molecule has 1 amide bonds. The molecule has 0 aliphatic carbocycles. The van der Waals surface area contributed by atoms with Crippen LogP contribution in [0.2, 0.25) is 0 Å². The number of halogens is 2. The first-order valence-corrected chi connectivity index (χ1v) is 7.24. The molecule has 20 heavy (non-hydrogen) atoms. The molecule has 0 aromatic rings. The van der Waals surface area contributed by atoms with Crippen LogP contribution in [0.3, 0.4) is 0 Å². The maximum Gasteiger partial charge on any atom is 0.230 e. The molecule has 4 nitrogen and oxygen atoms in total. The van der Waals surface area contributed by atoms with E-state index in [1.807, 2.05) is 4.90 Å². The number of carbonyl (C=O) groups is 1. The van der Waals surface area contributed by atoms with Gasteiger partial charge in [-0.3, -0.25) is 9.69 Å². The summed E-state index contributed by atoms with van der Waals surface area (Å²) in [6.07, 6.45) is 1.67. The van der Waals surface area contributed by atoms with E-state index in [9.17, 15) is 4.79 Å². The standard InChI is InChI=1S/C14H29N3O.2ClH/c1-5-14(6-2,11-15)13(18)17-9-7-16(8-10-17)12(3)4;;/h12H,5-11,15H2,1-4H3;2*1H. The summed E-state index contributed by atoms with van der Waals surface area (Å²) in [5.41, 5.74) is 5.52. The Morgan fingerprint density at radius 2 is 1.55 bits per heavy atom. The van der Waals surface area contributed by atoms with Crippen LogP contribution in [0.15, 0.2) is 0 Å². The first-order valence-electron chi connectivity index (χ1n) is 7.24. The van der Waals surface area contributed by atoms with Crippen LogP contribution in [0.25, 0.3) is 0 Å². The van der Waals surface area contributed by atoms with Crippen LogP contribution >= 0.6 is 24.8 Å². The highest BCUT2D eigenvalue weighted by Crippen LogP contribution is 2.28. The molecule has 1 rings (SSSR count). The van der Waals surface area contributed by atoms with Crippen LogP contribution in [-0.2, 0) is 4.79 Å². The summed E-state index contributed by atoms with van der Waals surface area (Å²) < 4.78 is 0. The lowest BCUT2D eigenvalue weighted by Gasteiger charge is -2.41. The van der Waals surface area contributed by atoms with Crippen LogP contribution < -0.4 is 5.73 Å². The van der Waals surface area contributed by atoms with Gasteiger partial charge >= 0.3 is 0 Å². The van der Waals surface area contributed by atoms with Gasteiger partial charge in [0.05, 0.1) is 5.41 Å². The van der Waals surface area contributed by atoms with Gasteiger partial charge in [-0.15, -0.1) is 24.8 Å². The Hall–Kier alpha value is -0.0300. The normalized spacial score (nSPS) is 16.6. The van der Waals surface area contributed by atoms with Crippen molar-refractivity contribution in [1.82, 2.24) is 9.80 Å². The third kappa shape index (κ3) is 4.76. The van der Waals surface area contributed by atoms with Gasteiger partial charge in [-0.2, -0.15) is 0 Å². The van der Waals surface area contributed by atoms with Crippen LogP contribution in [-0.4, -0.2) is 54.5 Å². The van der Waals surface area contributed by atoms with E-state index in [0.29, 0.717) is 12.6 Å². The lowest BCUT2D eigenvalue weighted by molar-refractivity contribution is -0.144. The number of piperazine rings is 1. The van der Waals surface area contributed by atoms with Gasteiger partial charge in [0.2, 0.25) is 5.91 Å². The van der Waals surface area contributed by atoms with Crippen molar-refractivity contribution in [2.45, 2.75) is 46.6 Å². The van der Waals surface area contributed by atoms with E-state index in [-0.39, 0.29) is 36.1 Å². The van der Waals surface area contributed by atoms with E-state index in [2.05, 4.69) is 32.6 Å². The highest BCUT2D eigenvalue weighted by atomic mass is 35.5. The summed E-state index contributed by atoms with van der Waals surface area (Å²) in [4.78, 5) is 17.1. The molecule has 1 saturated heterocycles. The fourth-order valence-corrected chi connectivity index (χ4v) is 2.71. The average Bonchev–Trinajstić information content (AvgIpc) is 2.41. The van der Waals surface area contributed by atoms with Crippen molar-refractivity contribution >= 4 is 30.7 Å². The molecule has 0 unspecified atom stereocenters. The highest BCUT2D eigenvalue weighted by Gasteiger charge is 2.37. The molecule has 122 valence electrons. The maximum absolute atomic E-state index is 12.6. The van der Waals surface area contributed by atoms with Crippen molar-refractivity contribution in [1.29, 1.82) is 0 Å². The molecular formula is C14H31Cl2N3O. The third-order valence-corrected chi connectivity index (χ3v) is 4.53. The molecule has 0 spiro atoms. The summed E-state index contributed by atoms with van der Waals surface area (Å²) in [6.45, 7) is 12.7. The molecule has 0 aromatic heterocycles. The molecule has 1 aliphatic heterocycles. The zero-order chi connectivity index (χ0) is 13.8. The second-order valence-corrected chi connectivity index (χ2v) is 5.61. The van der Waals surface area contributed by atoms with Gasteiger partial charge in [0.25, 0.3) is 0 Å². The fourth-order valence-electron chi connectivity index (χ4n) is 2.71. The summed E-state index contributed by atoms with van der Waals surface area (Å²) >= 11 is 0. The van der Waals surface area contributed by atoms with E-state index < -0.39 is 0 Å². The number of rotatable bonds is 5. The zero-order valence-electron chi connectivity index (χ0n) is 13.2. The van der Waals surface area contributed by atoms with Crippen LogP contribution in [0.4, 0.5) is 0 Å². The van der Waals surface area contributed by atoms with E-state index in [0.717, 1.165) is 39.0 Å². The van der Waals surface area contributed by atoms with E-state index in [1.165, 1.54) is 0 Å². The van der Waals surface area contributed by atoms with Gasteiger partial charge in [0.15, 0.2) is 0 Å². The van der Waals surface area contributed by atoms with Gasteiger partial charge in [0.1, 0.15) is 0 Å². The van der Waals surface area contributed by atoms with Crippen LogP contribution in [0.5, 0.6) is 0 Å². The number of nitrogens with two attached hydrogens (primary N) is 1. The Balaban J connectivity index is 0. The summed E-state index contributed by atoms with van der Waals surface area (Å²) in [6, 6.07) is 0.568. The molecule has 6 heteroatoms. The molecule has 0 bridgehead atoms. The minimum atomic E-state index is -0.333. The molecule has 1 fully saturated rings. The largest absolute Gasteiger partial charge is 0.340 e. The van der Waals surface area contributed by atoms with Crippen molar-refractivity contribution in [3.05, 3.63) is 0 Å². The number of carbonyl (C=O) groups excluding carboxylic acids is 1. The van der Waals surface area contributed by atoms with Crippen molar-refractivity contribution in [2.24, 2.45) is 11.1 Å². The van der Waals surface area contributed by atoms with E-state index in [4.69, 9.17) is 5.73 Å². The Morgan fingerprint density at radius 1 is 1.10 bits per heavy atom. The van der Waals surface area contributed by atoms with Gasteiger partial charge in [0, 0.05) is 38.8 Å². The summed E-state index contributed by atoms with van der Waals surface area (Å²) in [7, 11) is 0. The maximum atomic E-state index is 12.6. The Bertz CT molecular complexity index is 267. The Labute approximate surface area is 136 Å². The van der Waals surface area contributed by atoms with Gasteiger partial charge in [-0.1, -0.05) is 13.8 Å². The minimum Gasteiger partial charge on any atom is -0.340 e. The van der Waals surface area contributed by atoms with Crippen LogP contribution in [0, 0.1) is 5.41 Å². The summed E-state index contributed by atoms with van der Waals surface area (Å²) in [5, 5.41) is 0. The fraction of sp³-hybridized carbons (Fsp3) is 0.929. The Morgan fingerprint density at radius 3 is 1.85 bits per heavy atom. The van der Waals surface area contributed by atoms with Crippen molar-refractivity contribution in [3.63, 3.8) is 0 Å². The molecule has 0 aromatic carbocycles. The van der Waals surface area contributed by atoms with Crippen LogP contribution in [0.1, 0.15) is 40.5 Å². The molecule has 0 radical (unpaired) electrons. The predicted molar refractivity (Wildman–Crippen MR) is 89.9 cm³/mol. The smallest absolute Gasteiger partial charge is 0.230 e. The topological polar surface area (TPSA) is 49.6 Å². The molecule has 0 atom stereocenters. The molecule has 1 aliphatic rings. The SMILES string of the molecule is CCC(CC)(CN)C(=O)N1CCN(C(C)C)CC1.Cl.Cl. The minimum absolute atomic E-state index is 0.